The van der Waals surface area contributed by atoms with Gasteiger partial charge in [-0.3, -0.25) is 0 Å². The summed E-state index contributed by atoms with van der Waals surface area (Å²) < 4.78 is 0. The van der Waals surface area contributed by atoms with Crippen molar-refractivity contribution >= 4 is 5.69 Å². The van der Waals surface area contributed by atoms with Crippen molar-refractivity contribution in [3.8, 4) is 0 Å². The van der Waals surface area contributed by atoms with Crippen LogP contribution in [0, 0.1) is 0 Å². The van der Waals surface area contributed by atoms with Gasteiger partial charge in [0.05, 0.1) is 6.10 Å². The van der Waals surface area contributed by atoms with E-state index in [1.807, 2.05) is 24.3 Å². The predicted octanol–water partition coefficient (Wildman–Crippen LogP) is 2.31. The molecule has 0 spiro atoms. The zero-order valence-electron chi connectivity index (χ0n) is 8.04. The number of aliphatic hydroxyl groups excluding tert-OH is 1. The molecule has 1 aliphatic heterocycles. The molecular formula is C11H15NO. The summed E-state index contributed by atoms with van der Waals surface area (Å²) in [6, 6.07) is 7.93. The molecule has 1 unspecified atom stereocenters. The van der Waals surface area contributed by atoms with Crippen LogP contribution in [0.25, 0.3) is 0 Å². The van der Waals surface area contributed by atoms with Crippen LogP contribution < -0.4 is 5.32 Å². The van der Waals surface area contributed by atoms with Crippen molar-refractivity contribution in [2.75, 3.05) is 5.32 Å². The molecule has 0 radical (unpaired) electrons. The van der Waals surface area contributed by atoms with Crippen LogP contribution in [0.2, 0.25) is 0 Å². The normalized spacial score (nSPS) is 24.7. The van der Waals surface area contributed by atoms with Gasteiger partial charge >= 0.3 is 0 Å². The van der Waals surface area contributed by atoms with Gasteiger partial charge in [-0.05, 0) is 19.9 Å². The second-order valence-electron chi connectivity index (χ2n) is 4.32. The van der Waals surface area contributed by atoms with Crippen molar-refractivity contribution in [3.05, 3.63) is 29.8 Å². The van der Waals surface area contributed by atoms with Gasteiger partial charge in [-0.15, -0.1) is 0 Å². The number of hydrogen-bond donors (Lipinski definition) is 2. The Bertz CT molecular complexity index is 320. The first-order chi connectivity index (χ1) is 6.08. The van der Waals surface area contributed by atoms with Crippen LogP contribution in [0.15, 0.2) is 24.3 Å². The van der Waals surface area contributed by atoms with Gasteiger partial charge in [0, 0.05) is 23.2 Å². The minimum atomic E-state index is -0.326. The third-order valence-electron chi connectivity index (χ3n) is 2.50. The van der Waals surface area contributed by atoms with E-state index in [2.05, 4.69) is 19.2 Å². The Morgan fingerprint density at radius 3 is 2.85 bits per heavy atom. The Labute approximate surface area is 78.6 Å². The predicted molar refractivity (Wildman–Crippen MR) is 53.7 cm³/mol. The Balaban J connectivity index is 2.43. The van der Waals surface area contributed by atoms with Gasteiger partial charge in [-0.25, -0.2) is 0 Å². The average Bonchev–Trinajstić information content (AvgIpc) is 2.02. The summed E-state index contributed by atoms with van der Waals surface area (Å²) in [4.78, 5) is 0. The first-order valence-corrected chi connectivity index (χ1v) is 4.64. The Morgan fingerprint density at radius 1 is 1.38 bits per heavy atom. The summed E-state index contributed by atoms with van der Waals surface area (Å²) in [5, 5.41) is 13.3. The number of benzene rings is 1. The topological polar surface area (TPSA) is 32.3 Å². The van der Waals surface area contributed by atoms with Crippen LogP contribution in [-0.4, -0.2) is 10.6 Å². The lowest BCUT2D eigenvalue weighted by Gasteiger charge is -2.36. The minimum absolute atomic E-state index is 0.00618. The molecule has 0 aliphatic carbocycles. The van der Waals surface area contributed by atoms with Crippen LogP contribution in [0.5, 0.6) is 0 Å². The van der Waals surface area contributed by atoms with Gasteiger partial charge < -0.3 is 10.4 Å². The van der Waals surface area contributed by atoms with E-state index in [9.17, 15) is 5.11 Å². The Kier molecular flexibility index (Phi) is 1.81. The number of hydrogen-bond acceptors (Lipinski definition) is 2. The average molecular weight is 177 g/mol. The van der Waals surface area contributed by atoms with Gasteiger partial charge in [0.2, 0.25) is 0 Å². The summed E-state index contributed by atoms with van der Waals surface area (Å²) >= 11 is 0. The second-order valence-corrected chi connectivity index (χ2v) is 4.32. The van der Waals surface area contributed by atoms with Gasteiger partial charge in [0.1, 0.15) is 0 Å². The third-order valence-corrected chi connectivity index (χ3v) is 2.50. The van der Waals surface area contributed by atoms with Gasteiger partial charge in [-0.2, -0.15) is 0 Å². The smallest absolute Gasteiger partial charge is 0.0832 e. The first kappa shape index (κ1) is 8.57. The third kappa shape index (κ3) is 1.54. The van der Waals surface area contributed by atoms with Crippen LogP contribution in [0.1, 0.15) is 31.9 Å². The molecule has 2 nitrogen and oxygen atoms in total. The highest BCUT2D eigenvalue weighted by atomic mass is 16.3. The lowest BCUT2D eigenvalue weighted by Crippen LogP contribution is -2.37. The minimum Gasteiger partial charge on any atom is -0.388 e. The van der Waals surface area contributed by atoms with E-state index in [1.54, 1.807) is 0 Å². The van der Waals surface area contributed by atoms with Gasteiger partial charge in [0.25, 0.3) is 0 Å². The van der Waals surface area contributed by atoms with E-state index in [4.69, 9.17) is 0 Å². The van der Waals surface area contributed by atoms with Crippen molar-refractivity contribution in [1.29, 1.82) is 0 Å². The van der Waals surface area contributed by atoms with Crippen LogP contribution in [0.4, 0.5) is 5.69 Å². The number of rotatable bonds is 0. The van der Waals surface area contributed by atoms with Crippen molar-refractivity contribution in [2.24, 2.45) is 0 Å². The summed E-state index contributed by atoms with van der Waals surface area (Å²) in [5.74, 6) is 0. The number of fused-ring (bicyclic) bond motifs is 1. The SMILES string of the molecule is CC1(C)CC(O)c2ccccc2N1. The first-order valence-electron chi connectivity index (χ1n) is 4.64. The van der Waals surface area contributed by atoms with Crippen LogP contribution in [0.3, 0.4) is 0 Å². The molecule has 0 amide bonds. The molecule has 1 aliphatic rings. The zero-order chi connectivity index (χ0) is 9.47. The Hall–Kier alpha value is -1.02. The molecule has 0 bridgehead atoms. The zero-order valence-corrected chi connectivity index (χ0v) is 8.04. The quantitative estimate of drug-likeness (QED) is 0.637. The number of aliphatic hydroxyl groups is 1. The molecule has 0 saturated carbocycles. The van der Waals surface area contributed by atoms with Crippen molar-refractivity contribution < 1.29 is 5.11 Å². The number of anilines is 1. The van der Waals surface area contributed by atoms with Gasteiger partial charge in [0.15, 0.2) is 0 Å². The number of nitrogens with one attached hydrogen (secondary N) is 1. The highest BCUT2D eigenvalue weighted by Gasteiger charge is 2.29. The molecule has 1 heterocycles. The molecule has 0 fully saturated rings. The summed E-state index contributed by atoms with van der Waals surface area (Å²) in [6.07, 6.45) is 0.441. The maximum atomic E-state index is 9.86. The fourth-order valence-corrected chi connectivity index (χ4v) is 1.91. The summed E-state index contributed by atoms with van der Waals surface area (Å²) in [7, 11) is 0. The van der Waals surface area contributed by atoms with Crippen molar-refractivity contribution in [1.82, 2.24) is 0 Å². The van der Waals surface area contributed by atoms with Crippen molar-refractivity contribution in [2.45, 2.75) is 31.9 Å². The molecule has 13 heavy (non-hydrogen) atoms. The molecule has 1 atom stereocenters. The standard InChI is InChI=1S/C11H15NO/c1-11(2)7-10(13)8-5-3-4-6-9(8)12-11/h3-6,10,12-13H,7H2,1-2H3. The molecule has 0 aromatic heterocycles. The largest absolute Gasteiger partial charge is 0.388 e. The maximum Gasteiger partial charge on any atom is 0.0832 e. The van der Waals surface area contributed by atoms with E-state index in [-0.39, 0.29) is 11.6 Å². The summed E-state index contributed by atoms with van der Waals surface area (Å²) in [6.45, 7) is 4.21. The monoisotopic (exact) mass is 177 g/mol. The van der Waals surface area contributed by atoms with Crippen molar-refractivity contribution in [3.63, 3.8) is 0 Å². The molecule has 0 saturated heterocycles. The van der Waals surface area contributed by atoms with Crippen LogP contribution >= 0.6 is 0 Å². The fraction of sp³-hybridized carbons (Fsp3) is 0.455. The van der Waals surface area contributed by atoms with E-state index >= 15 is 0 Å². The van der Waals surface area contributed by atoms with Crippen LogP contribution in [-0.2, 0) is 0 Å². The molecule has 70 valence electrons. The molecule has 1 aromatic rings. The molecular weight excluding hydrogens is 162 g/mol. The van der Waals surface area contributed by atoms with E-state index in [0.717, 1.165) is 17.7 Å². The maximum absolute atomic E-state index is 9.86. The second kappa shape index (κ2) is 2.74. The highest BCUT2D eigenvalue weighted by molar-refractivity contribution is 5.56. The van der Waals surface area contributed by atoms with E-state index < -0.39 is 0 Å². The lowest BCUT2D eigenvalue weighted by molar-refractivity contribution is 0.140. The number of para-hydroxylation sites is 1. The summed E-state index contributed by atoms with van der Waals surface area (Å²) in [5.41, 5.74) is 2.07. The highest BCUT2D eigenvalue weighted by Crippen LogP contribution is 2.36. The molecule has 2 N–H and O–H groups in total. The van der Waals surface area contributed by atoms with E-state index in [0.29, 0.717) is 0 Å². The van der Waals surface area contributed by atoms with Gasteiger partial charge in [-0.1, -0.05) is 18.2 Å². The van der Waals surface area contributed by atoms with E-state index in [1.165, 1.54) is 0 Å². The lowest BCUT2D eigenvalue weighted by atomic mass is 9.87. The Morgan fingerprint density at radius 2 is 2.08 bits per heavy atom. The molecule has 1 aromatic carbocycles. The fourth-order valence-electron chi connectivity index (χ4n) is 1.91. The molecule has 2 rings (SSSR count). The molecule has 2 heteroatoms.